The van der Waals surface area contributed by atoms with Crippen LogP contribution in [0.1, 0.15) is 0 Å². The highest BCUT2D eigenvalue weighted by atomic mass is 16.7. The van der Waals surface area contributed by atoms with Crippen molar-refractivity contribution < 1.29 is 4.84 Å². The summed E-state index contributed by atoms with van der Waals surface area (Å²) in [5.74, 6) is 1.12. The monoisotopic (exact) mass is 185 g/mol. The van der Waals surface area contributed by atoms with Gasteiger partial charge in [-0.25, -0.2) is 5.01 Å². The second kappa shape index (κ2) is 3.15. The number of fused-ring (bicyclic) bond motifs is 1. The third-order valence-corrected chi connectivity index (χ3v) is 2.19. The average molecular weight is 185 g/mol. The summed E-state index contributed by atoms with van der Waals surface area (Å²) in [7, 11) is 5.68. The maximum Gasteiger partial charge on any atom is 0.137 e. The Balaban J connectivity index is 2.18. The standard InChI is InChI=1S/C7H15N5O/c1-9-6-11(13-3)12-7(9)4-5-10(2)8-12/h4,8H,5-6H2,1-3H3. The first kappa shape index (κ1) is 8.76. The van der Waals surface area contributed by atoms with Gasteiger partial charge in [-0.1, -0.05) is 5.17 Å². The predicted octanol–water partition coefficient (Wildman–Crippen LogP) is -0.824. The van der Waals surface area contributed by atoms with E-state index in [-0.39, 0.29) is 0 Å². The van der Waals surface area contributed by atoms with E-state index in [2.05, 4.69) is 16.5 Å². The summed E-state index contributed by atoms with van der Waals surface area (Å²) in [5, 5.41) is 5.61. The molecule has 0 aromatic heterocycles. The zero-order valence-corrected chi connectivity index (χ0v) is 8.19. The molecule has 2 aliphatic heterocycles. The van der Waals surface area contributed by atoms with E-state index in [0.29, 0.717) is 0 Å². The van der Waals surface area contributed by atoms with Gasteiger partial charge in [0, 0.05) is 20.6 Å². The van der Waals surface area contributed by atoms with Crippen molar-refractivity contribution in [3.63, 3.8) is 0 Å². The van der Waals surface area contributed by atoms with Gasteiger partial charge in [0.25, 0.3) is 0 Å². The summed E-state index contributed by atoms with van der Waals surface area (Å²) in [6.45, 7) is 1.64. The first-order chi connectivity index (χ1) is 6.22. The molecule has 0 saturated carbocycles. The van der Waals surface area contributed by atoms with Gasteiger partial charge in [-0.2, -0.15) is 5.12 Å². The van der Waals surface area contributed by atoms with Gasteiger partial charge in [-0.15, -0.1) is 5.53 Å². The van der Waals surface area contributed by atoms with Crippen molar-refractivity contribution in [1.29, 1.82) is 0 Å². The number of hydrogen-bond acceptors (Lipinski definition) is 6. The molecule has 0 atom stereocenters. The van der Waals surface area contributed by atoms with E-state index in [0.717, 1.165) is 19.0 Å². The topological polar surface area (TPSA) is 34.2 Å². The SMILES string of the molecule is CON1CN(C)C2=CCN(C)NN21. The Morgan fingerprint density at radius 1 is 1.46 bits per heavy atom. The lowest BCUT2D eigenvalue weighted by atomic mass is 10.5. The fourth-order valence-electron chi connectivity index (χ4n) is 1.50. The Morgan fingerprint density at radius 2 is 2.23 bits per heavy atom. The van der Waals surface area contributed by atoms with Gasteiger partial charge in [-0.05, 0) is 6.08 Å². The quantitative estimate of drug-likeness (QED) is 0.575. The molecule has 6 heteroatoms. The third kappa shape index (κ3) is 1.37. The van der Waals surface area contributed by atoms with Gasteiger partial charge < -0.3 is 4.90 Å². The Bertz CT molecular complexity index is 231. The van der Waals surface area contributed by atoms with Crippen LogP contribution in [0.4, 0.5) is 0 Å². The van der Waals surface area contributed by atoms with E-state index < -0.39 is 0 Å². The summed E-state index contributed by atoms with van der Waals surface area (Å²) >= 11 is 0. The molecule has 13 heavy (non-hydrogen) atoms. The van der Waals surface area contributed by atoms with Gasteiger partial charge in [0.05, 0.1) is 7.11 Å². The molecular weight excluding hydrogens is 170 g/mol. The molecule has 0 amide bonds. The van der Waals surface area contributed by atoms with Crippen molar-refractivity contribution in [3.05, 3.63) is 11.9 Å². The van der Waals surface area contributed by atoms with Crippen molar-refractivity contribution in [3.8, 4) is 0 Å². The maximum absolute atomic E-state index is 5.19. The molecule has 2 rings (SSSR count). The van der Waals surface area contributed by atoms with Crippen molar-refractivity contribution >= 4 is 0 Å². The zero-order valence-electron chi connectivity index (χ0n) is 8.19. The Labute approximate surface area is 77.8 Å². The number of likely N-dealkylation sites (N-methyl/N-ethyl adjacent to an activating group) is 1. The van der Waals surface area contributed by atoms with Crippen LogP contribution >= 0.6 is 0 Å². The summed E-state index contributed by atoms with van der Waals surface area (Å²) in [6.07, 6.45) is 2.15. The molecule has 0 aromatic carbocycles. The lowest BCUT2D eigenvalue weighted by Gasteiger charge is -2.34. The molecular formula is C7H15N5O. The Hall–Kier alpha value is -0.820. The van der Waals surface area contributed by atoms with E-state index in [4.69, 9.17) is 4.84 Å². The molecule has 0 aromatic rings. The van der Waals surface area contributed by atoms with Crippen LogP contribution in [0.15, 0.2) is 11.9 Å². The van der Waals surface area contributed by atoms with Crippen LogP contribution < -0.4 is 5.53 Å². The molecule has 1 saturated heterocycles. The minimum absolute atomic E-state index is 0.739. The second-order valence-electron chi connectivity index (χ2n) is 3.23. The van der Waals surface area contributed by atoms with Crippen molar-refractivity contribution in [2.75, 3.05) is 34.4 Å². The van der Waals surface area contributed by atoms with Crippen molar-refractivity contribution in [1.82, 2.24) is 25.7 Å². The maximum atomic E-state index is 5.19. The fraction of sp³-hybridized carbons (Fsp3) is 0.714. The van der Waals surface area contributed by atoms with E-state index in [1.807, 2.05) is 24.2 Å². The van der Waals surface area contributed by atoms with Crippen molar-refractivity contribution in [2.24, 2.45) is 0 Å². The predicted molar refractivity (Wildman–Crippen MR) is 47.2 cm³/mol. The molecule has 0 radical (unpaired) electrons. The van der Waals surface area contributed by atoms with Gasteiger partial charge in [0.2, 0.25) is 0 Å². The molecule has 1 fully saturated rings. The molecule has 2 heterocycles. The van der Waals surface area contributed by atoms with Crippen LogP contribution in [0, 0.1) is 0 Å². The normalized spacial score (nSPS) is 25.0. The second-order valence-corrected chi connectivity index (χ2v) is 3.23. The average Bonchev–Trinajstić information content (AvgIpc) is 2.42. The minimum atomic E-state index is 0.739. The highest BCUT2D eigenvalue weighted by Gasteiger charge is 2.33. The molecule has 2 aliphatic rings. The summed E-state index contributed by atoms with van der Waals surface area (Å²) in [5.41, 5.74) is 3.17. The van der Waals surface area contributed by atoms with Crippen LogP contribution in [0.3, 0.4) is 0 Å². The number of hydroxylamine groups is 1. The number of nitrogens with one attached hydrogen (secondary N) is 1. The summed E-state index contributed by atoms with van der Waals surface area (Å²) < 4.78 is 0. The molecule has 1 N–H and O–H groups in total. The minimum Gasteiger partial charge on any atom is -0.342 e. The number of nitrogens with zero attached hydrogens (tertiary/aromatic N) is 4. The number of rotatable bonds is 1. The van der Waals surface area contributed by atoms with Crippen LogP contribution in [0.5, 0.6) is 0 Å². The summed E-state index contributed by atoms with van der Waals surface area (Å²) in [4.78, 5) is 7.30. The Morgan fingerprint density at radius 3 is 2.92 bits per heavy atom. The molecule has 0 spiro atoms. The molecule has 0 aliphatic carbocycles. The summed E-state index contributed by atoms with van der Waals surface area (Å²) in [6, 6.07) is 0. The largest absolute Gasteiger partial charge is 0.342 e. The van der Waals surface area contributed by atoms with Crippen LogP contribution in [-0.4, -0.2) is 54.6 Å². The molecule has 0 bridgehead atoms. The van der Waals surface area contributed by atoms with Crippen LogP contribution in [-0.2, 0) is 4.84 Å². The first-order valence-corrected chi connectivity index (χ1v) is 4.23. The highest BCUT2D eigenvalue weighted by molar-refractivity contribution is 5.03. The Kier molecular flexibility index (Phi) is 2.12. The highest BCUT2D eigenvalue weighted by Crippen LogP contribution is 2.20. The number of hydrazine groups is 3. The molecule has 0 unspecified atom stereocenters. The molecule has 74 valence electrons. The van der Waals surface area contributed by atoms with E-state index in [1.165, 1.54) is 0 Å². The van der Waals surface area contributed by atoms with Crippen LogP contribution in [0.25, 0.3) is 0 Å². The van der Waals surface area contributed by atoms with E-state index >= 15 is 0 Å². The third-order valence-electron chi connectivity index (χ3n) is 2.19. The van der Waals surface area contributed by atoms with Crippen LogP contribution in [0.2, 0.25) is 0 Å². The van der Waals surface area contributed by atoms with E-state index in [9.17, 15) is 0 Å². The first-order valence-electron chi connectivity index (χ1n) is 4.23. The zero-order chi connectivity index (χ0) is 9.42. The fourth-order valence-corrected chi connectivity index (χ4v) is 1.50. The smallest absolute Gasteiger partial charge is 0.137 e. The lowest BCUT2D eigenvalue weighted by molar-refractivity contribution is -0.273. The lowest BCUT2D eigenvalue weighted by Crippen LogP contribution is -2.54. The van der Waals surface area contributed by atoms with Crippen molar-refractivity contribution in [2.45, 2.75) is 0 Å². The van der Waals surface area contributed by atoms with Gasteiger partial charge >= 0.3 is 0 Å². The number of hydrogen-bond donors (Lipinski definition) is 1. The molecule has 6 nitrogen and oxygen atoms in total. The van der Waals surface area contributed by atoms with Gasteiger partial charge in [0.15, 0.2) is 0 Å². The van der Waals surface area contributed by atoms with E-state index in [1.54, 1.807) is 12.3 Å². The van der Waals surface area contributed by atoms with Gasteiger partial charge in [0.1, 0.15) is 12.5 Å². The van der Waals surface area contributed by atoms with Gasteiger partial charge in [-0.3, -0.25) is 4.84 Å².